The van der Waals surface area contributed by atoms with Crippen molar-refractivity contribution in [3.05, 3.63) is 0 Å². The second kappa shape index (κ2) is 4.73. The van der Waals surface area contributed by atoms with Gasteiger partial charge >= 0.3 is 12.0 Å². The van der Waals surface area contributed by atoms with Crippen LogP contribution >= 0.6 is 0 Å². The van der Waals surface area contributed by atoms with E-state index < -0.39 is 25.2 Å². The number of ether oxygens (including phenoxy) is 2. The highest BCUT2D eigenvalue weighted by Gasteiger charge is 2.57. The summed E-state index contributed by atoms with van der Waals surface area (Å²) in [6, 6.07) is 0. The van der Waals surface area contributed by atoms with E-state index in [-0.39, 0.29) is 6.61 Å². The number of hydrogen-bond donors (Lipinski definition) is 1. The molecule has 0 saturated heterocycles. The van der Waals surface area contributed by atoms with E-state index in [0.29, 0.717) is 7.11 Å². The Morgan fingerprint density at radius 3 is 2.08 bits per heavy atom. The Morgan fingerprint density at radius 2 is 1.77 bits per heavy atom. The predicted octanol–water partition coefficient (Wildman–Crippen LogP) is 0.870. The van der Waals surface area contributed by atoms with Crippen LogP contribution in [0.4, 0.5) is 17.6 Å². The largest absolute Gasteiger partial charge is 0.450 e. The molecule has 0 rings (SSSR count). The highest BCUT2D eigenvalue weighted by atomic mass is 19.4. The highest BCUT2D eigenvalue weighted by Crippen LogP contribution is 2.34. The van der Waals surface area contributed by atoms with Gasteiger partial charge in [-0.1, -0.05) is 0 Å². The first-order valence-electron chi connectivity index (χ1n) is 3.37. The summed E-state index contributed by atoms with van der Waals surface area (Å²) in [4.78, 5) is 0. The molecule has 7 heteroatoms. The molecule has 0 saturated carbocycles. The Morgan fingerprint density at radius 1 is 1.23 bits per heavy atom. The van der Waals surface area contributed by atoms with Gasteiger partial charge in [-0.2, -0.15) is 17.6 Å². The summed E-state index contributed by atoms with van der Waals surface area (Å²) in [5, 5.41) is 8.17. The maximum atomic E-state index is 12.8. The molecule has 0 aromatic carbocycles. The number of halogens is 4. The normalized spacial score (nSPS) is 17.1. The molecule has 13 heavy (non-hydrogen) atoms. The average Bonchev–Trinajstić information content (AvgIpc) is 2.02. The second-order valence-electron chi connectivity index (χ2n) is 2.21. The summed E-state index contributed by atoms with van der Waals surface area (Å²) >= 11 is 0. The van der Waals surface area contributed by atoms with Gasteiger partial charge in [0, 0.05) is 7.11 Å². The molecule has 0 amide bonds. The lowest BCUT2D eigenvalue weighted by Crippen LogP contribution is -2.46. The summed E-state index contributed by atoms with van der Waals surface area (Å²) in [6.45, 7) is -2.13. The molecule has 0 aliphatic carbocycles. The Balaban J connectivity index is 4.13. The lowest BCUT2D eigenvalue weighted by atomic mass is 10.3. The van der Waals surface area contributed by atoms with Crippen LogP contribution in [-0.4, -0.2) is 44.1 Å². The molecule has 1 unspecified atom stereocenters. The molecule has 0 fully saturated rings. The van der Waals surface area contributed by atoms with Crippen molar-refractivity contribution in [2.75, 3.05) is 26.9 Å². The van der Waals surface area contributed by atoms with E-state index in [9.17, 15) is 17.6 Å². The van der Waals surface area contributed by atoms with Crippen molar-refractivity contribution in [2.24, 2.45) is 0 Å². The van der Waals surface area contributed by atoms with Crippen molar-refractivity contribution in [3.8, 4) is 0 Å². The van der Waals surface area contributed by atoms with Crippen molar-refractivity contribution >= 4 is 0 Å². The van der Waals surface area contributed by atoms with Crippen molar-refractivity contribution in [1.82, 2.24) is 0 Å². The first kappa shape index (κ1) is 12.6. The van der Waals surface area contributed by atoms with Gasteiger partial charge in [0.15, 0.2) is 0 Å². The topological polar surface area (TPSA) is 38.7 Å². The zero-order valence-electron chi connectivity index (χ0n) is 6.90. The minimum atomic E-state index is -5.14. The van der Waals surface area contributed by atoms with Crippen LogP contribution in [-0.2, 0) is 9.47 Å². The fourth-order valence-corrected chi connectivity index (χ4v) is 0.524. The number of methoxy groups -OCH3 is 1. The minimum absolute atomic E-state index is 0.370. The quantitative estimate of drug-likeness (QED) is 0.535. The number of hydrogen-bond acceptors (Lipinski definition) is 3. The molecule has 0 aliphatic rings. The van der Waals surface area contributed by atoms with Crippen LogP contribution < -0.4 is 0 Å². The van der Waals surface area contributed by atoms with Crippen LogP contribution in [0.15, 0.2) is 0 Å². The Bertz CT molecular complexity index is 149. The van der Waals surface area contributed by atoms with Crippen molar-refractivity contribution in [1.29, 1.82) is 0 Å². The van der Waals surface area contributed by atoms with Gasteiger partial charge in [-0.05, 0) is 0 Å². The number of aliphatic hydroxyl groups is 1. The van der Waals surface area contributed by atoms with E-state index in [4.69, 9.17) is 5.11 Å². The maximum absolute atomic E-state index is 12.8. The van der Waals surface area contributed by atoms with E-state index in [0.717, 1.165) is 0 Å². The van der Waals surface area contributed by atoms with Crippen molar-refractivity contribution in [3.63, 3.8) is 0 Å². The summed E-state index contributed by atoms with van der Waals surface area (Å²) in [7, 11) is 0.593. The maximum Gasteiger partial charge on any atom is 0.450 e. The number of aliphatic hydroxyl groups excluding tert-OH is 1. The van der Waals surface area contributed by atoms with Crippen LogP contribution in [0, 0.1) is 0 Å². The molecule has 0 aromatic rings. The summed E-state index contributed by atoms with van der Waals surface area (Å²) in [5.74, 6) is -3.80. The van der Waals surface area contributed by atoms with Gasteiger partial charge in [0.05, 0.1) is 13.2 Å². The molecular formula is C6H10F4O3. The Kier molecular flexibility index (Phi) is 4.58. The lowest BCUT2D eigenvalue weighted by molar-refractivity contribution is -0.338. The summed E-state index contributed by atoms with van der Waals surface area (Å²) in [6.07, 6.45) is -5.14. The van der Waals surface area contributed by atoms with E-state index in [2.05, 4.69) is 9.47 Å². The standard InChI is InChI=1S/C6H10F4O3/c1-12-5(7,6(8,9)10)4-13-3-2-11/h11H,2-4H2,1H3. The average molecular weight is 206 g/mol. The van der Waals surface area contributed by atoms with Gasteiger partial charge in [0.25, 0.3) is 0 Å². The predicted molar refractivity (Wildman–Crippen MR) is 34.8 cm³/mol. The van der Waals surface area contributed by atoms with Gasteiger partial charge < -0.3 is 14.6 Å². The van der Waals surface area contributed by atoms with Crippen LogP contribution in [0.5, 0.6) is 0 Å². The third-order valence-electron chi connectivity index (χ3n) is 1.27. The van der Waals surface area contributed by atoms with Crippen molar-refractivity contribution in [2.45, 2.75) is 12.0 Å². The lowest BCUT2D eigenvalue weighted by Gasteiger charge is -2.25. The van der Waals surface area contributed by atoms with Gasteiger partial charge in [0.2, 0.25) is 0 Å². The zero-order chi connectivity index (χ0) is 10.5. The first-order chi connectivity index (χ1) is 5.87. The van der Waals surface area contributed by atoms with Crippen LogP contribution in [0.1, 0.15) is 0 Å². The highest BCUT2D eigenvalue weighted by molar-refractivity contribution is 4.76. The van der Waals surface area contributed by atoms with Gasteiger partial charge in [-0.15, -0.1) is 0 Å². The molecule has 0 aromatic heterocycles. The van der Waals surface area contributed by atoms with Crippen LogP contribution in [0.25, 0.3) is 0 Å². The van der Waals surface area contributed by atoms with Crippen LogP contribution in [0.3, 0.4) is 0 Å². The minimum Gasteiger partial charge on any atom is -0.394 e. The van der Waals surface area contributed by atoms with E-state index >= 15 is 0 Å². The fraction of sp³-hybridized carbons (Fsp3) is 1.00. The molecule has 0 heterocycles. The zero-order valence-corrected chi connectivity index (χ0v) is 6.90. The van der Waals surface area contributed by atoms with Gasteiger partial charge in [-0.3, -0.25) is 0 Å². The van der Waals surface area contributed by atoms with Gasteiger partial charge in [0.1, 0.15) is 6.61 Å². The third kappa shape index (κ3) is 3.45. The molecule has 1 N–H and O–H groups in total. The monoisotopic (exact) mass is 206 g/mol. The second-order valence-corrected chi connectivity index (χ2v) is 2.21. The van der Waals surface area contributed by atoms with E-state index in [1.165, 1.54) is 0 Å². The smallest absolute Gasteiger partial charge is 0.394 e. The molecule has 1 atom stereocenters. The molecule has 0 bridgehead atoms. The third-order valence-corrected chi connectivity index (χ3v) is 1.27. The molecule has 0 radical (unpaired) electrons. The van der Waals surface area contributed by atoms with E-state index in [1.807, 2.05) is 0 Å². The number of alkyl halides is 4. The SMILES string of the molecule is COC(F)(COCCO)C(F)(F)F. The molecule has 80 valence electrons. The van der Waals surface area contributed by atoms with E-state index in [1.54, 1.807) is 0 Å². The summed E-state index contributed by atoms with van der Waals surface area (Å²) in [5.41, 5.74) is 0. The summed E-state index contributed by atoms with van der Waals surface area (Å²) < 4.78 is 56.3. The Hall–Kier alpha value is -0.400. The molecular weight excluding hydrogens is 196 g/mol. The van der Waals surface area contributed by atoms with Crippen molar-refractivity contribution < 1.29 is 32.1 Å². The van der Waals surface area contributed by atoms with Gasteiger partial charge in [-0.25, -0.2) is 0 Å². The Labute approximate surface area is 72.2 Å². The molecule has 0 spiro atoms. The van der Waals surface area contributed by atoms with Crippen LogP contribution in [0.2, 0.25) is 0 Å². The number of rotatable bonds is 5. The first-order valence-corrected chi connectivity index (χ1v) is 3.37. The molecule has 3 nitrogen and oxygen atoms in total. The fourth-order valence-electron chi connectivity index (χ4n) is 0.524. The molecule has 0 aliphatic heterocycles.